The molecular weight excluding hydrogens is 314 g/mol. The summed E-state index contributed by atoms with van der Waals surface area (Å²) in [6, 6.07) is 11.9. The van der Waals surface area contributed by atoms with Crippen molar-refractivity contribution in [1.82, 2.24) is 15.2 Å². The predicted molar refractivity (Wildman–Crippen MR) is 103 cm³/mol. The van der Waals surface area contributed by atoms with E-state index in [4.69, 9.17) is 0 Å². The Hall–Kier alpha value is -2.76. The van der Waals surface area contributed by atoms with Gasteiger partial charge in [-0.25, -0.2) is 0 Å². The first kappa shape index (κ1) is 18.6. The van der Waals surface area contributed by atoms with E-state index in [1.165, 1.54) is 0 Å². The van der Waals surface area contributed by atoms with Crippen molar-refractivity contribution in [3.8, 4) is 0 Å². The van der Waals surface area contributed by atoms with Gasteiger partial charge in [-0.2, -0.15) is 0 Å². The quantitative estimate of drug-likeness (QED) is 0.535. The third-order valence-electron chi connectivity index (χ3n) is 3.76. The molecule has 0 fully saturated rings. The number of hydrogen-bond donors (Lipinski definition) is 3. The third kappa shape index (κ3) is 6.33. The van der Waals surface area contributed by atoms with Crippen LogP contribution in [0.25, 0.3) is 0 Å². The molecule has 0 unspecified atom stereocenters. The van der Waals surface area contributed by atoms with E-state index in [1.807, 2.05) is 62.6 Å². The summed E-state index contributed by atoms with van der Waals surface area (Å²) in [4.78, 5) is 15.9. The van der Waals surface area contributed by atoms with Crippen molar-refractivity contribution in [3.05, 3.63) is 54.4 Å². The van der Waals surface area contributed by atoms with Crippen molar-refractivity contribution in [1.29, 1.82) is 0 Å². The fourth-order valence-corrected chi connectivity index (χ4v) is 2.22. The van der Waals surface area contributed by atoms with E-state index in [0.717, 1.165) is 30.3 Å². The van der Waals surface area contributed by atoms with Crippen LogP contribution in [0.3, 0.4) is 0 Å². The van der Waals surface area contributed by atoms with Crippen LogP contribution in [0.4, 0.5) is 5.69 Å². The lowest BCUT2D eigenvalue weighted by atomic mass is 10.1. The minimum absolute atomic E-state index is 0.0257. The molecule has 6 nitrogen and oxygen atoms in total. The number of aromatic nitrogens is 1. The monoisotopic (exact) mass is 341 g/mol. The zero-order valence-corrected chi connectivity index (χ0v) is 15.1. The summed E-state index contributed by atoms with van der Waals surface area (Å²) < 4.78 is 2.12. The van der Waals surface area contributed by atoms with Gasteiger partial charge in [0.25, 0.3) is 0 Å². The first-order valence-corrected chi connectivity index (χ1v) is 8.53. The van der Waals surface area contributed by atoms with Gasteiger partial charge in [0.05, 0.1) is 0 Å². The highest BCUT2D eigenvalue weighted by Crippen LogP contribution is 2.10. The van der Waals surface area contributed by atoms with Gasteiger partial charge in [-0.1, -0.05) is 26.0 Å². The summed E-state index contributed by atoms with van der Waals surface area (Å²) >= 11 is 0. The molecule has 1 heterocycles. The molecule has 0 saturated carbocycles. The van der Waals surface area contributed by atoms with Gasteiger partial charge < -0.3 is 20.5 Å². The van der Waals surface area contributed by atoms with E-state index in [0.29, 0.717) is 6.54 Å². The van der Waals surface area contributed by atoms with E-state index < -0.39 is 0 Å². The molecule has 2 rings (SSSR count). The van der Waals surface area contributed by atoms with Gasteiger partial charge in [0.2, 0.25) is 5.91 Å². The van der Waals surface area contributed by atoms with Crippen molar-refractivity contribution >= 4 is 17.6 Å². The maximum atomic E-state index is 11.7. The topological polar surface area (TPSA) is 70.5 Å². The number of nitrogens with one attached hydrogen (secondary N) is 3. The average molecular weight is 341 g/mol. The van der Waals surface area contributed by atoms with Crippen LogP contribution in [0, 0.1) is 5.92 Å². The van der Waals surface area contributed by atoms with Crippen molar-refractivity contribution in [2.24, 2.45) is 10.9 Å². The van der Waals surface area contributed by atoms with Crippen molar-refractivity contribution < 1.29 is 4.79 Å². The van der Waals surface area contributed by atoms with E-state index in [9.17, 15) is 4.79 Å². The van der Waals surface area contributed by atoms with Gasteiger partial charge in [-0.3, -0.25) is 9.79 Å². The first-order chi connectivity index (χ1) is 12.1. The summed E-state index contributed by atoms with van der Waals surface area (Å²) in [5.74, 6) is 0.768. The molecule has 0 spiro atoms. The number of carbonyl (C=O) groups is 1. The molecule has 3 N–H and O–H groups in total. The molecule has 1 aromatic carbocycles. The van der Waals surface area contributed by atoms with Crippen molar-refractivity contribution in [3.63, 3.8) is 0 Å². The second-order valence-corrected chi connectivity index (χ2v) is 6.11. The molecule has 0 aliphatic heterocycles. The van der Waals surface area contributed by atoms with Crippen LogP contribution in [0.15, 0.2) is 53.8 Å². The number of anilines is 1. The van der Waals surface area contributed by atoms with Crippen LogP contribution in [-0.2, 0) is 17.9 Å². The molecular formula is C19H27N5O. The summed E-state index contributed by atoms with van der Waals surface area (Å²) in [6.45, 7) is 6.11. The second-order valence-electron chi connectivity index (χ2n) is 6.11. The summed E-state index contributed by atoms with van der Waals surface area (Å²) in [6.07, 6.45) is 4.08. The lowest BCUT2D eigenvalue weighted by Crippen LogP contribution is -2.38. The number of amides is 1. The number of aliphatic imine (C=N–C) groups is 1. The smallest absolute Gasteiger partial charge is 0.226 e. The van der Waals surface area contributed by atoms with Gasteiger partial charge >= 0.3 is 0 Å². The first-order valence-electron chi connectivity index (χ1n) is 8.53. The minimum Gasteiger partial charge on any atom is -0.355 e. The van der Waals surface area contributed by atoms with Crippen molar-refractivity contribution in [2.45, 2.75) is 26.9 Å². The number of carbonyl (C=O) groups excluding carboxylic acids is 1. The van der Waals surface area contributed by atoms with Gasteiger partial charge in [0.15, 0.2) is 5.96 Å². The zero-order chi connectivity index (χ0) is 18.1. The molecule has 0 atom stereocenters. The molecule has 0 saturated heterocycles. The Morgan fingerprint density at radius 1 is 1.12 bits per heavy atom. The Bertz CT molecular complexity index is 674. The molecule has 0 bridgehead atoms. The van der Waals surface area contributed by atoms with Crippen LogP contribution in [0.1, 0.15) is 19.4 Å². The molecule has 6 heteroatoms. The Kier molecular flexibility index (Phi) is 7.07. The number of nitrogens with zero attached hydrogens (tertiary/aromatic N) is 2. The largest absolute Gasteiger partial charge is 0.355 e. The molecule has 25 heavy (non-hydrogen) atoms. The van der Waals surface area contributed by atoms with E-state index in [-0.39, 0.29) is 11.8 Å². The molecule has 0 aliphatic carbocycles. The van der Waals surface area contributed by atoms with Crippen LogP contribution >= 0.6 is 0 Å². The summed E-state index contributed by atoms with van der Waals surface area (Å²) in [5, 5.41) is 9.46. The fraction of sp³-hybridized carbons (Fsp3) is 0.368. The Balaban J connectivity index is 1.76. The van der Waals surface area contributed by atoms with Crippen LogP contribution < -0.4 is 16.0 Å². The number of guanidine groups is 1. The summed E-state index contributed by atoms with van der Waals surface area (Å²) in [5.41, 5.74) is 1.94. The molecule has 0 aliphatic rings. The molecule has 2 aromatic rings. The zero-order valence-electron chi connectivity index (χ0n) is 15.1. The Labute approximate surface area is 149 Å². The Morgan fingerprint density at radius 2 is 1.80 bits per heavy atom. The molecule has 1 aromatic heterocycles. The standard InChI is InChI=1S/C19H27N5O/c1-15(2)18(25)23-17-8-6-16(7-9-17)14-22-19(20-3)21-10-13-24-11-4-5-12-24/h4-9,11-12,15H,10,13-14H2,1-3H3,(H,23,25)(H2,20,21,22). The van der Waals surface area contributed by atoms with Crippen LogP contribution in [-0.4, -0.2) is 30.0 Å². The van der Waals surface area contributed by atoms with E-state index in [1.54, 1.807) is 7.05 Å². The van der Waals surface area contributed by atoms with Gasteiger partial charge in [-0.05, 0) is 29.8 Å². The third-order valence-corrected chi connectivity index (χ3v) is 3.76. The highest BCUT2D eigenvalue weighted by Gasteiger charge is 2.06. The maximum absolute atomic E-state index is 11.7. The highest BCUT2D eigenvalue weighted by atomic mass is 16.1. The number of rotatable bonds is 7. The average Bonchev–Trinajstić information content (AvgIpc) is 3.12. The molecule has 0 radical (unpaired) electrons. The van der Waals surface area contributed by atoms with Gasteiger partial charge in [-0.15, -0.1) is 0 Å². The molecule has 1 amide bonds. The van der Waals surface area contributed by atoms with Gasteiger partial charge in [0.1, 0.15) is 0 Å². The molecule has 134 valence electrons. The van der Waals surface area contributed by atoms with E-state index >= 15 is 0 Å². The number of hydrogen-bond acceptors (Lipinski definition) is 2. The fourth-order valence-electron chi connectivity index (χ4n) is 2.22. The summed E-state index contributed by atoms with van der Waals surface area (Å²) in [7, 11) is 1.76. The second kappa shape index (κ2) is 9.52. The normalized spacial score (nSPS) is 11.4. The Morgan fingerprint density at radius 3 is 2.40 bits per heavy atom. The van der Waals surface area contributed by atoms with Gasteiger partial charge in [0, 0.05) is 50.7 Å². The lowest BCUT2D eigenvalue weighted by Gasteiger charge is -2.13. The van der Waals surface area contributed by atoms with Crippen LogP contribution in [0.2, 0.25) is 0 Å². The lowest BCUT2D eigenvalue weighted by molar-refractivity contribution is -0.118. The highest BCUT2D eigenvalue weighted by molar-refractivity contribution is 5.92. The van der Waals surface area contributed by atoms with E-state index in [2.05, 4.69) is 25.5 Å². The maximum Gasteiger partial charge on any atom is 0.226 e. The minimum atomic E-state index is -0.0257. The number of benzene rings is 1. The van der Waals surface area contributed by atoms with Crippen molar-refractivity contribution in [2.75, 3.05) is 18.9 Å². The van der Waals surface area contributed by atoms with Crippen LogP contribution in [0.5, 0.6) is 0 Å². The predicted octanol–water partition coefficient (Wildman–Crippen LogP) is 2.45. The SMILES string of the molecule is CN=C(NCCn1cccc1)NCc1ccc(NC(=O)C(C)C)cc1.